The lowest BCUT2D eigenvalue weighted by atomic mass is 9.80. The zero-order valence-corrected chi connectivity index (χ0v) is 41.2. The summed E-state index contributed by atoms with van der Waals surface area (Å²) < 4.78 is 46.5. The van der Waals surface area contributed by atoms with Crippen molar-refractivity contribution >= 4 is 79.6 Å². The highest BCUT2D eigenvalue weighted by Gasteiger charge is 2.35. The van der Waals surface area contributed by atoms with Crippen LogP contribution in [0.5, 0.6) is 46.0 Å². The molecule has 66 heavy (non-hydrogen) atoms. The number of ether oxygens (including phenoxy) is 8. The molecule has 0 amide bonds. The van der Waals surface area contributed by atoms with E-state index in [1.165, 1.54) is 67.5 Å². The molecule has 0 unspecified atom stereocenters. The van der Waals surface area contributed by atoms with Gasteiger partial charge in [-0.05, 0) is 56.1 Å². The van der Waals surface area contributed by atoms with Crippen LogP contribution in [-0.2, 0) is 38.4 Å². The van der Waals surface area contributed by atoms with E-state index >= 15 is 0 Å². The summed E-state index contributed by atoms with van der Waals surface area (Å²) in [4.78, 5) is 102. The number of fused-ring (bicyclic) bond motifs is 8. The third-order valence-electron chi connectivity index (χ3n) is 10.5. The first-order chi connectivity index (χ1) is 30.8. The van der Waals surface area contributed by atoms with Gasteiger partial charge in [-0.1, -0.05) is 27.7 Å². The van der Waals surface area contributed by atoms with Crippen molar-refractivity contribution in [2.24, 2.45) is 0 Å². The molecule has 4 aromatic carbocycles. The van der Waals surface area contributed by atoms with Crippen molar-refractivity contribution in [3.8, 4) is 46.0 Å². The molecule has 18 heteroatoms. The molecule has 0 radical (unpaired) electrons. The molecule has 1 aliphatic rings. The van der Waals surface area contributed by atoms with Crippen LogP contribution in [0.25, 0.3) is 0 Å². The summed E-state index contributed by atoms with van der Waals surface area (Å²) in [7, 11) is 0. The highest BCUT2D eigenvalue weighted by molar-refractivity contribution is 9.11. The highest BCUT2D eigenvalue weighted by Crippen LogP contribution is 2.54. The lowest BCUT2D eigenvalue weighted by Crippen LogP contribution is -2.17. The number of esters is 8. The molecule has 16 nitrogen and oxygen atoms in total. The minimum absolute atomic E-state index is 0.0374. The summed E-state index contributed by atoms with van der Waals surface area (Å²) in [5, 5.41) is 0. The van der Waals surface area contributed by atoms with Gasteiger partial charge in [-0.25, -0.2) is 0 Å². The normalized spacial score (nSPS) is 16.2. The fraction of sp³-hybridized carbons (Fsp3) is 0.333. The lowest BCUT2D eigenvalue weighted by molar-refractivity contribution is -0.133. The van der Waals surface area contributed by atoms with Crippen LogP contribution in [0.3, 0.4) is 0 Å². The van der Waals surface area contributed by atoms with Gasteiger partial charge in [0.1, 0.15) is 31.9 Å². The number of carbonyl (C=O) groups excluding carboxylic acids is 8. The third kappa shape index (κ3) is 11.0. The Bertz CT molecular complexity index is 2390. The fourth-order valence-corrected chi connectivity index (χ4v) is 9.01. The fourth-order valence-electron chi connectivity index (χ4n) is 7.77. The van der Waals surface area contributed by atoms with E-state index in [0.29, 0.717) is 44.5 Å². The van der Waals surface area contributed by atoms with Crippen molar-refractivity contribution in [3.63, 3.8) is 0 Å². The van der Waals surface area contributed by atoms with Crippen LogP contribution < -0.4 is 37.9 Å². The standard InChI is InChI=1S/C48H46Br2O16/c1-19-31-13-32(40(60-24(6)52)17-39(31)59-23(5)51)20(2)37-16-38(48(66-30(12)58)44(50)47(37)65-29(11)57)22(4)34-14-33(41(61-25(7)53)18-42(34)62-26(8)54)21(3)36-15-35(19)45(63-27(9)55)43(49)46(36)64-28(10)56/h13-22H,1-12H3/t19-,20+,21+,22-. The Morgan fingerprint density at radius 2 is 0.470 bits per heavy atom. The Labute approximate surface area is 396 Å². The molecular weight excluding hydrogens is 992 g/mol. The van der Waals surface area contributed by atoms with Gasteiger partial charge in [0.25, 0.3) is 0 Å². The lowest BCUT2D eigenvalue weighted by Gasteiger charge is -2.29. The molecule has 0 saturated carbocycles. The summed E-state index contributed by atoms with van der Waals surface area (Å²) in [5.74, 6) is -9.88. The predicted molar refractivity (Wildman–Crippen MR) is 242 cm³/mol. The van der Waals surface area contributed by atoms with Crippen LogP contribution >= 0.6 is 31.9 Å². The van der Waals surface area contributed by atoms with Gasteiger partial charge in [0.15, 0.2) is 23.0 Å². The van der Waals surface area contributed by atoms with Gasteiger partial charge in [0.2, 0.25) is 0 Å². The first-order valence-electron chi connectivity index (χ1n) is 20.4. The van der Waals surface area contributed by atoms with E-state index in [2.05, 4.69) is 31.9 Å². The highest BCUT2D eigenvalue weighted by atomic mass is 79.9. The average molecular weight is 1040 g/mol. The van der Waals surface area contributed by atoms with E-state index in [1.807, 2.05) is 0 Å². The molecule has 0 heterocycles. The average Bonchev–Trinajstić information content (AvgIpc) is 3.18. The van der Waals surface area contributed by atoms with Crippen LogP contribution in [0.2, 0.25) is 0 Å². The second-order valence-electron chi connectivity index (χ2n) is 15.5. The molecule has 1 aliphatic carbocycles. The summed E-state index contributed by atoms with van der Waals surface area (Å²) in [6.07, 6.45) is 0. The monoisotopic (exact) mass is 1040 g/mol. The van der Waals surface area contributed by atoms with E-state index < -0.39 is 71.4 Å². The van der Waals surface area contributed by atoms with Crippen LogP contribution in [-0.4, -0.2) is 47.8 Å². The van der Waals surface area contributed by atoms with E-state index in [4.69, 9.17) is 37.9 Å². The van der Waals surface area contributed by atoms with Gasteiger partial charge in [0.05, 0.1) is 0 Å². The van der Waals surface area contributed by atoms with Crippen molar-refractivity contribution in [1.29, 1.82) is 0 Å². The molecule has 5 rings (SSSR count). The second-order valence-corrected chi connectivity index (χ2v) is 17.1. The van der Waals surface area contributed by atoms with E-state index in [-0.39, 0.29) is 54.9 Å². The maximum atomic E-state index is 12.8. The predicted octanol–water partition coefficient (Wildman–Crippen LogP) is 9.53. The molecule has 0 fully saturated rings. The van der Waals surface area contributed by atoms with Gasteiger partial charge in [0, 0.05) is 136 Å². The number of rotatable bonds is 8. The topological polar surface area (TPSA) is 210 Å². The quantitative estimate of drug-likeness (QED) is 0.119. The Morgan fingerprint density at radius 1 is 0.303 bits per heavy atom. The number of hydrogen-bond donors (Lipinski definition) is 0. The zero-order chi connectivity index (χ0) is 49.2. The Balaban J connectivity index is 2.14. The largest absolute Gasteiger partial charge is 0.426 e. The SMILES string of the molecule is CC(=O)Oc1cc(OC(C)=O)c2cc1[C@@H](C)c1cc(c(OC(C)=O)c(Br)c1OC(C)=O)[C@@H](C)c1cc(c(OC(C)=O)cc1OC(C)=O)[C@@H](C)c1cc(c(OC(C)=O)c(Br)c1OC(C)=O)[C@H]2C. The first kappa shape index (κ1) is 50.6. The Kier molecular flexibility index (Phi) is 15.6. The molecule has 0 spiro atoms. The number of carbonyl (C=O) groups is 8. The van der Waals surface area contributed by atoms with E-state index in [9.17, 15) is 38.4 Å². The molecule has 4 aromatic rings. The number of hydrogen-bond acceptors (Lipinski definition) is 16. The van der Waals surface area contributed by atoms with Crippen LogP contribution in [0.1, 0.15) is 151 Å². The summed E-state index contributed by atoms with van der Waals surface area (Å²) in [6, 6.07) is 9.23. The van der Waals surface area contributed by atoms with Crippen LogP contribution in [0.15, 0.2) is 45.3 Å². The zero-order valence-electron chi connectivity index (χ0n) is 38.1. The van der Waals surface area contributed by atoms with Crippen LogP contribution in [0.4, 0.5) is 0 Å². The van der Waals surface area contributed by atoms with Gasteiger partial charge >= 0.3 is 47.8 Å². The van der Waals surface area contributed by atoms with Gasteiger partial charge in [-0.15, -0.1) is 0 Å². The molecule has 348 valence electrons. The Morgan fingerprint density at radius 3 is 0.636 bits per heavy atom. The maximum absolute atomic E-state index is 12.8. The molecule has 0 aliphatic heterocycles. The van der Waals surface area contributed by atoms with Gasteiger partial charge < -0.3 is 37.9 Å². The van der Waals surface area contributed by atoms with Crippen molar-refractivity contribution in [1.82, 2.24) is 0 Å². The Hall–Kier alpha value is -6.40. The number of halogens is 2. The van der Waals surface area contributed by atoms with Crippen molar-refractivity contribution in [2.45, 2.75) is 107 Å². The molecular formula is C48H46Br2O16. The van der Waals surface area contributed by atoms with Crippen molar-refractivity contribution < 1.29 is 76.3 Å². The number of benzene rings is 4. The third-order valence-corrected chi connectivity index (χ3v) is 11.9. The van der Waals surface area contributed by atoms with E-state index in [0.717, 1.165) is 0 Å². The molecule has 0 saturated heterocycles. The maximum Gasteiger partial charge on any atom is 0.308 e. The summed E-state index contributed by atoms with van der Waals surface area (Å²) in [5.41, 5.74) is 2.41. The summed E-state index contributed by atoms with van der Waals surface area (Å²) >= 11 is 7.11. The smallest absolute Gasteiger partial charge is 0.308 e. The van der Waals surface area contributed by atoms with Crippen molar-refractivity contribution in [2.75, 3.05) is 0 Å². The minimum Gasteiger partial charge on any atom is -0.426 e. The second kappa shape index (κ2) is 20.4. The van der Waals surface area contributed by atoms with Gasteiger partial charge in [-0.2, -0.15) is 0 Å². The molecule has 0 N–H and O–H groups in total. The van der Waals surface area contributed by atoms with E-state index in [1.54, 1.807) is 52.0 Å². The van der Waals surface area contributed by atoms with Crippen LogP contribution in [0, 0.1) is 0 Å². The molecule has 0 aromatic heterocycles. The minimum atomic E-state index is -0.885. The van der Waals surface area contributed by atoms with Gasteiger partial charge in [-0.3, -0.25) is 38.4 Å². The summed E-state index contributed by atoms with van der Waals surface area (Å²) in [6.45, 7) is 16.4. The molecule has 8 bridgehead atoms. The van der Waals surface area contributed by atoms with Crippen molar-refractivity contribution in [3.05, 3.63) is 89.9 Å². The first-order valence-corrected chi connectivity index (χ1v) is 21.9. The molecule has 4 atom stereocenters.